The first-order chi connectivity index (χ1) is 12.8. The van der Waals surface area contributed by atoms with Gasteiger partial charge in [-0.15, -0.1) is 0 Å². The zero-order valence-electron chi connectivity index (χ0n) is 14.9. The molecule has 2 aromatic carbocycles. The Bertz CT molecular complexity index is 927. The van der Waals surface area contributed by atoms with E-state index >= 15 is 0 Å². The Morgan fingerprint density at radius 3 is 2.30 bits per heavy atom. The summed E-state index contributed by atoms with van der Waals surface area (Å²) >= 11 is 11.0. The van der Waals surface area contributed by atoms with Crippen molar-refractivity contribution in [2.75, 3.05) is 18.4 Å². The van der Waals surface area contributed by atoms with Crippen LogP contribution in [0.25, 0.3) is 0 Å². The van der Waals surface area contributed by atoms with E-state index in [1.54, 1.807) is 44.2 Å². The largest absolute Gasteiger partial charge is 0.332 e. The van der Waals surface area contributed by atoms with Crippen molar-refractivity contribution in [1.29, 1.82) is 0 Å². The number of hydrogen-bond acceptors (Lipinski definition) is 4. The van der Waals surface area contributed by atoms with Crippen LogP contribution in [-0.4, -0.2) is 36.8 Å². The molecule has 2 rings (SSSR count). The molecule has 0 aromatic heterocycles. The highest BCUT2D eigenvalue weighted by molar-refractivity contribution is 7.89. The summed E-state index contributed by atoms with van der Waals surface area (Å²) in [5, 5.41) is 5.95. The lowest BCUT2D eigenvalue weighted by Crippen LogP contribution is -2.34. The van der Waals surface area contributed by atoms with Crippen LogP contribution in [0, 0.1) is 0 Å². The van der Waals surface area contributed by atoms with Crippen LogP contribution in [0.3, 0.4) is 0 Å². The van der Waals surface area contributed by atoms with Gasteiger partial charge in [-0.25, -0.2) is 8.42 Å². The van der Waals surface area contributed by atoms with Gasteiger partial charge in [-0.1, -0.05) is 31.5 Å². The van der Waals surface area contributed by atoms with E-state index in [1.165, 1.54) is 22.5 Å². The number of amides is 1. The quantitative estimate of drug-likeness (QED) is 0.692. The maximum atomic E-state index is 12.5. The Hall–Kier alpha value is -2.00. The molecule has 0 aliphatic heterocycles. The molecular formula is C18H20ClN3O3S2. The van der Waals surface area contributed by atoms with Gasteiger partial charge in [-0.05, 0) is 54.7 Å². The lowest BCUT2D eigenvalue weighted by atomic mass is 10.2. The fourth-order valence-corrected chi connectivity index (χ4v) is 4.25. The van der Waals surface area contributed by atoms with Gasteiger partial charge in [0.05, 0.1) is 4.90 Å². The average molecular weight is 426 g/mol. The highest BCUT2D eigenvalue weighted by Crippen LogP contribution is 2.18. The molecule has 144 valence electrons. The molecule has 0 atom stereocenters. The molecule has 0 saturated heterocycles. The predicted molar refractivity (Wildman–Crippen MR) is 112 cm³/mol. The number of sulfonamides is 1. The number of hydrogen-bond donors (Lipinski definition) is 2. The number of anilines is 1. The van der Waals surface area contributed by atoms with Gasteiger partial charge >= 0.3 is 0 Å². The minimum absolute atomic E-state index is 0.0966. The van der Waals surface area contributed by atoms with E-state index in [-0.39, 0.29) is 10.0 Å². The van der Waals surface area contributed by atoms with Crippen LogP contribution in [0.4, 0.5) is 5.69 Å². The van der Waals surface area contributed by atoms with Crippen molar-refractivity contribution in [3.8, 4) is 0 Å². The van der Waals surface area contributed by atoms with Crippen LogP contribution in [-0.2, 0) is 10.0 Å². The fraction of sp³-hybridized carbons (Fsp3) is 0.222. The van der Waals surface area contributed by atoms with E-state index in [0.29, 0.717) is 29.4 Å². The van der Waals surface area contributed by atoms with Gasteiger partial charge in [0.2, 0.25) is 10.0 Å². The summed E-state index contributed by atoms with van der Waals surface area (Å²) in [6.07, 6.45) is 0. The zero-order chi connectivity index (χ0) is 20.0. The Morgan fingerprint density at radius 1 is 1.11 bits per heavy atom. The van der Waals surface area contributed by atoms with Gasteiger partial charge in [0, 0.05) is 29.4 Å². The maximum Gasteiger partial charge on any atom is 0.257 e. The molecule has 2 N–H and O–H groups in total. The van der Waals surface area contributed by atoms with E-state index in [2.05, 4.69) is 10.6 Å². The second kappa shape index (κ2) is 9.27. The van der Waals surface area contributed by atoms with Gasteiger partial charge in [0.15, 0.2) is 5.11 Å². The predicted octanol–water partition coefficient (Wildman–Crippen LogP) is 3.50. The number of thiocarbonyl (C=S) groups is 1. The number of carbonyl (C=O) groups is 1. The van der Waals surface area contributed by atoms with Crippen molar-refractivity contribution >= 4 is 50.5 Å². The highest BCUT2D eigenvalue weighted by Gasteiger charge is 2.21. The molecule has 0 fully saturated rings. The minimum atomic E-state index is -3.52. The monoisotopic (exact) mass is 425 g/mol. The van der Waals surface area contributed by atoms with Crippen molar-refractivity contribution in [2.45, 2.75) is 18.7 Å². The van der Waals surface area contributed by atoms with Crippen LogP contribution < -0.4 is 10.6 Å². The Balaban J connectivity index is 2.04. The second-order valence-electron chi connectivity index (χ2n) is 5.53. The SMILES string of the molecule is CCN(CC)S(=O)(=O)c1ccc(NC(=S)NC(=O)c2cccc(Cl)c2)cc1. The van der Waals surface area contributed by atoms with Crippen LogP contribution in [0.1, 0.15) is 24.2 Å². The Labute approximate surface area is 169 Å². The van der Waals surface area contributed by atoms with Crippen molar-refractivity contribution < 1.29 is 13.2 Å². The molecule has 27 heavy (non-hydrogen) atoms. The van der Waals surface area contributed by atoms with E-state index in [0.717, 1.165) is 0 Å². The topological polar surface area (TPSA) is 78.5 Å². The van der Waals surface area contributed by atoms with Gasteiger partial charge < -0.3 is 5.32 Å². The molecule has 6 nitrogen and oxygen atoms in total. The van der Waals surface area contributed by atoms with Gasteiger partial charge in [0.25, 0.3) is 5.91 Å². The molecular weight excluding hydrogens is 406 g/mol. The smallest absolute Gasteiger partial charge is 0.257 e. The third-order valence-corrected chi connectivity index (χ3v) is 6.27. The lowest BCUT2D eigenvalue weighted by molar-refractivity contribution is 0.0977. The third-order valence-electron chi connectivity index (χ3n) is 3.77. The number of benzene rings is 2. The zero-order valence-corrected chi connectivity index (χ0v) is 17.3. The summed E-state index contributed by atoms with van der Waals surface area (Å²) in [6.45, 7) is 4.38. The van der Waals surface area contributed by atoms with E-state index in [4.69, 9.17) is 23.8 Å². The van der Waals surface area contributed by atoms with E-state index in [9.17, 15) is 13.2 Å². The minimum Gasteiger partial charge on any atom is -0.332 e. The second-order valence-corrected chi connectivity index (χ2v) is 8.31. The Morgan fingerprint density at radius 2 is 1.74 bits per heavy atom. The molecule has 0 aliphatic carbocycles. The molecule has 0 saturated carbocycles. The first kappa shape index (κ1) is 21.3. The number of nitrogens with one attached hydrogen (secondary N) is 2. The highest BCUT2D eigenvalue weighted by atomic mass is 35.5. The van der Waals surface area contributed by atoms with Crippen LogP contribution in [0.5, 0.6) is 0 Å². The summed E-state index contributed by atoms with van der Waals surface area (Å²) in [4.78, 5) is 12.3. The number of rotatable bonds is 6. The van der Waals surface area contributed by atoms with Crippen molar-refractivity contribution in [3.05, 3.63) is 59.1 Å². The average Bonchev–Trinajstić information content (AvgIpc) is 2.62. The van der Waals surface area contributed by atoms with Crippen molar-refractivity contribution in [3.63, 3.8) is 0 Å². The van der Waals surface area contributed by atoms with E-state index in [1.807, 2.05) is 0 Å². The molecule has 0 radical (unpaired) electrons. The van der Waals surface area contributed by atoms with Crippen LogP contribution in [0.15, 0.2) is 53.4 Å². The number of halogens is 1. The number of carbonyl (C=O) groups excluding carboxylic acids is 1. The fourth-order valence-electron chi connectivity index (χ4n) is 2.39. The normalized spacial score (nSPS) is 11.3. The molecule has 0 heterocycles. The number of nitrogens with zero attached hydrogens (tertiary/aromatic N) is 1. The van der Waals surface area contributed by atoms with Crippen molar-refractivity contribution in [2.24, 2.45) is 0 Å². The summed E-state index contributed by atoms with van der Waals surface area (Å²) in [5.74, 6) is -0.393. The summed E-state index contributed by atoms with van der Waals surface area (Å²) in [6, 6.07) is 12.7. The van der Waals surface area contributed by atoms with Gasteiger partial charge in [0.1, 0.15) is 0 Å². The standard InChI is InChI=1S/C18H20ClN3O3S2/c1-3-22(4-2)27(24,25)16-10-8-15(9-11-16)20-18(26)21-17(23)13-6-5-7-14(19)12-13/h5-12H,3-4H2,1-2H3,(H2,20,21,23,26). The summed E-state index contributed by atoms with van der Waals surface area (Å²) in [7, 11) is -3.52. The van der Waals surface area contributed by atoms with Crippen LogP contribution >= 0.6 is 23.8 Å². The first-order valence-corrected chi connectivity index (χ1v) is 10.5. The molecule has 0 unspecified atom stereocenters. The third kappa shape index (κ3) is 5.49. The molecule has 0 bridgehead atoms. The maximum absolute atomic E-state index is 12.5. The van der Waals surface area contributed by atoms with Crippen molar-refractivity contribution in [1.82, 2.24) is 9.62 Å². The van der Waals surface area contributed by atoms with Crippen LogP contribution in [0.2, 0.25) is 5.02 Å². The summed E-state index contributed by atoms with van der Waals surface area (Å²) in [5.41, 5.74) is 0.942. The Kier molecular flexibility index (Phi) is 7.32. The summed E-state index contributed by atoms with van der Waals surface area (Å²) < 4.78 is 26.3. The molecule has 9 heteroatoms. The van der Waals surface area contributed by atoms with E-state index < -0.39 is 15.9 Å². The first-order valence-electron chi connectivity index (χ1n) is 8.26. The van der Waals surface area contributed by atoms with Gasteiger partial charge in [-0.3, -0.25) is 10.1 Å². The molecule has 0 spiro atoms. The molecule has 2 aromatic rings. The molecule has 0 aliphatic rings. The molecule has 1 amide bonds. The van der Waals surface area contributed by atoms with Gasteiger partial charge in [-0.2, -0.15) is 4.31 Å². The lowest BCUT2D eigenvalue weighted by Gasteiger charge is -2.18.